The maximum atomic E-state index is 11.6. The number of methoxy groups -OCH3 is 1. The molecule has 0 aromatic carbocycles. The summed E-state index contributed by atoms with van der Waals surface area (Å²) in [7, 11) is 1.77. The second-order valence-electron chi connectivity index (χ2n) is 4.66. The van der Waals surface area contributed by atoms with Crippen LogP contribution < -0.4 is 0 Å². The van der Waals surface area contributed by atoms with Crippen LogP contribution >= 0.6 is 0 Å². The van der Waals surface area contributed by atoms with Gasteiger partial charge in [0.15, 0.2) is 5.78 Å². The minimum atomic E-state index is 0.162. The molecule has 1 saturated carbocycles. The molecule has 0 amide bonds. The lowest BCUT2D eigenvalue weighted by Crippen LogP contribution is -2.24. The third-order valence-corrected chi connectivity index (χ3v) is 3.55. The maximum absolute atomic E-state index is 11.6. The van der Waals surface area contributed by atoms with Crippen LogP contribution in [0.4, 0.5) is 0 Å². The van der Waals surface area contributed by atoms with Crippen LogP contribution in [0.1, 0.15) is 55.4 Å². The number of Topliss-reactive ketones (excluding diaryl/α,β-unsaturated/α-hetero) is 1. The highest BCUT2D eigenvalue weighted by molar-refractivity contribution is 5.95. The quantitative estimate of drug-likeness (QED) is 0.755. The average molecular weight is 236 g/mol. The van der Waals surface area contributed by atoms with Crippen molar-refractivity contribution < 1.29 is 9.53 Å². The summed E-state index contributed by atoms with van der Waals surface area (Å²) in [6, 6.07) is 0.382. The van der Waals surface area contributed by atoms with Crippen molar-refractivity contribution in [1.82, 2.24) is 9.78 Å². The van der Waals surface area contributed by atoms with Gasteiger partial charge in [-0.05, 0) is 25.7 Å². The summed E-state index contributed by atoms with van der Waals surface area (Å²) < 4.78 is 7.35. The third-order valence-electron chi connectivity index (χ3n) is 3.55. The number of carbonyl (C=O) groups excluding carboxylic acids is 1. The summed E-state index contributed by atoms with van der Waals surface area (Å²) in [5.74, 6) is 0.162. The molecule has 1 aliphatic rings. The summed E-state index contributed by atoms with van der Waals surface area (Å²) in [6.45, 7) is 1.88. The molecule has 0 aliphatic heterocycles. The maximum Gasteiger partial charge on any atom is 0.165 e. The molecule has 1 heterocycles. The smallest absolute Gasteiger partial charge is 0.165 e. The summed E-state index contributed by atoms with van der Waals surface area (Å²) in [5.41, 5.74) is 0.729. The van der Waals surface area contributed by atoms with Crippen molar-refractivity contribution in [3.63, 3.8) is 0 Å². The molecular formula is C13H20N2O2. The van der Waals surface area contributed by atoms with Crippen molar-refractivity contribution >= 4 is 5.78 Å². The molecule has 2 atom stereocenters. The first kappa shape index (κ1) is 12.3. The second-order valence-corrected chi connectivity index (χ2v) is 4.66. The van der Waals surface area contributed by atoms with Gasteiger partial charge in [0.1, 0.15) is 0 Å². The first-order chi connectivity index (χ1) is 8.24. The zero-order valence-corrected chi connectivity index (χ0v) is 10.6. The van der Waals surface area contributed by atoms with E-state index in [4.69, 9.17) is 4.74 Å². The normalized spacial score (nSPS) is 24.8. The van der Waals surface area contributed by atoms with Gasteiger partial charge in [0.2, 0.25) is 0 Å². The Balaban J connectivity index is 2.06. The number of rotatable bonds is 4. The standard InChI is InChI=1S/C13H20N2O2/c1-3-13(16)10-8-14-15(9-10)11-5-4-6-12(7-11)17-2/h8-9,11-12H,3-7H2,1-2H3. The molecule has 1 aliphatic carbocycles. The zero-order valence-electron chi connectivity index (χ0n) is 10.6. The molecule has 4 nitrogen and oxygen atoms in total. The van der Waals surface area contributed by atoms with Crippen LogP contribution in [0, 0.1) is 0 Å². The van der Waals surface area contributed by atoms with Gasteiger partial charge in [0, 0.05) is 19.7 Å². The van der Waals surface area contributed by atoms with Crippen LogP contribution in [-0.4, -0.2) is 28.8 Å². The average Bonchev–Trinajstić information content (AvgIpc) is 2.87. The van der Waals surface area contributed by atoms with E-state index in [0.717, 1.165) is 24.8 Å². The molecule has 1 fully saturated rings. The fourth-order valence-corrected chi connectivity index (χ4v) is 2.46. The molecule has 2 rings (SSSR count). The molecule has 0 bridgehead atoms. The van der Waals surface area contributed by atoms with Crippen LogP contribution in [0.25, 0.3) is 0 Å². The van der Waals surface area contributed by atoms with Crippen LogP contribution in [0.3, 0.4) is 0 Å². The lowest BCUT2D eigenvalue weighted by Gasteiger charge is -2.28. The predicted octanol–water partition coefficient (Wildman–Crippen LogP) is 2.61. The Hall–Kier alpha value is -1.16. The van der Waals surface area contributed by atoms with Crippen molar-refractivity contribution in [1.29, 1.82) is 0 Å². The zero-order chi connectivity index (χ0) is 12.3. The summed E-state index contributed by atoms with van der Waals surface area (Å²) in [4.78, 5) is 11.6. The molecular weight excluding hydrogens is 216 g/mol. The van der Waals surface area contributed by atoms with Crippen LogP contribution in [0.5, 0.6) is 0 Å². The number of nitrogens with zero attached hydrogens (tertiary/aromatic N) is 2. The highest BCUT2D eigenvalue weighted by atomic mass is 16.5. The van der Waals surface area contributed by atoms with Gasteiger partial charge in [0.25, 0.3) is 0 Å². The Bertz CT molecular complexity index is 387. The van der Waals surface area contributed by atoms with Crippen molar-refractivity contribution in [2.45, 2.75) is 51.2 Å². The van der Waals surface area contributed by atoms with E-state index in [9.17, 15) is 4.79 Å². The fourth-order valence-electron chi connectivity index (χ4n) is 2.46. The van der Waals surface area contributed by atoms with Gasteiger partial charge in [-0.25, -0.2) is 0 Å². The number of ketones is 1. The van der Waals surface area contributed by atoms with Gasteiger partial charge < -0.3 is 4.74 Å². The van der Waals surface area contributed by atoms with E-state index in [0.29, 0.717) is 18.6 Å². The van der Waals surface area contributed by atoms with Crippen molar-refractivity contribution in [2.75, 3.05) is 7.11 Å². The highest BCUT2D eigenvalue weighted by Gasteiger charge is 2.23. The number of hydrogen-bond acceptors (Lipinski definition) is 3. The number of carbonyl (C=O) groups is 1. The van der Waals surface area contributed by atoms with E-state index in [1.165, 1.54) is 6.42 Å². The molecule has 1 aromatic rings. The molecule has 0 spiro atoms. The number of hydrogen-bond donors (Lipinski definition) is 0. The van der Waals surface area contributed by atoms with E-state index in [1.54, 1.807) is 13.3 Å². The highest BCUT2D eigenvalue weighted by Crippen LogP contribution is 2.29. The SMILES string of the molecule is CCC(=O)c1cnn(C2CCCC(OC)C2)c1. The molecule has 4 heteroatoms. The number of aromatic nitrogens is 2. The Morgan fingerprint density at radius 2 is 2.41 bits per heavy atom. The molecule has 17 heavy (non-hydrogen) atoms. The van der Waals surface area contributed by atoms with E-state index >= 15 is 0 Å². The van der Waals surface area contributed by atoms with Crippen molar-refractivity contribution in [2.24, 2.45) is 0 Å². The lowest BCUT2D eigenvalue weighted by molar-refractivity contribution is 0.0508. The fraction of sp³-hybridized carbons (Fsp3) is 0.692. The summed E-state index contributed by atoms with van der Waals surface area (Å²) in [6.07, 6.45) is 8.87. The van der Waals surface area contributed by atoms with Gasteiger partial charge in [-0.1, -0.05) is 6.92 Å². The molecule has 0 radical (unpaired) electrons. The monoisotopic (exact) mass is 236 g/mol. The van der Waals surface area contributed by atoms with Crippen LogP contribution in [0.2, 0.25) is 0 Å². The minimum Gasteiger partial charge on any atom is -0.381 e. The summed E-state index contributed by atoms with van der Waals surface area (Å²) in [5, 5.41) is 4.32. The Morgan fingerprint density at radius 1 is 1.59 bits per heavy atom. The lowest BCUT2D eigenvalue weighted by atomic mass is 9.93. The van der Waals surface area contributed by atoms with Gasteiger partial charge in [0.05, 0.1) is 23.9 Å². The van der Waals surface area contributed by atoms with Gasteiger partial charge in [-0.2, -0.15) is 5.10 Å². The van der Waals surface area contributed by atoms with Crippen LogP contribution in [0.15, 0.2) is 12.4 Å². The molecule has 94 valence electrons. The van der Waals surface area contributed by atoms with E-state index < -0.39 is 0 Å². The third kappa shape index (κ3) is 2.75. The molecule has 0 saturated heterocycles. The first-order valence-corrected chi connectivity index (χ1v) is 6.34. The molecule has 0 N–H and O–H groups in total. The minimum absolute atomic E-state index is 0.162. The van der Waals surface area contributed by atoms with Crippen molar-refractivity contribution in [3.05, 3.63) is 18.0 Å². The number of ether oxygens (including phenoxy) is 1. The molecule has 2 unspecified atom stereocenters. The first-order valence-electron chi connectivity index (χ1n) is 6.34. The predicted molar refractivity (Wildman–Crippen MR) is 65.2 cm³/mol. The Labute approximate surface area is 102 Å². The van der Waals surface area contributed by atoms with Gasteiger partial charge >= 0.3 is 0 Å². The largest absolute Gasteiger partial charge is 0.381 e. The van der Waals surface area contributed by atoms with E-state index in [1.807, 2.05) is 17.8 Å². The topological polar surface area (TPSA) is 44.1 Å². The second kappa shape index (κ2) is 5.45. The summed E-state index contributed by atoms with van der Waals surface area (Å²) >= 11 is 0. The Kier molecular flexibility index (Phi) is 3.94. The molecule has 1 aromatic heterocycles. The van der Waals surface area contributed by atoms with Gasteiger partial charge in [-0.15, -0.1) is 0 Å². The Morgan fingerprint density at radius 3 is 3.12 bits per heavy atom. The van der Waals surface area contributed by atoms with Crippen LogP contribution in [-0.2, 0) is 4.74 Å². The van der Waals surface area contributed by atoms with Crippen molar-refractivity contribution in [3.8, 4) is 0 Å². The van der Waals surface area contributed by atoms with Gasteiger partial charge in [-0.3, -0.25) is 9.48 Å². The van der Waals surface area contributed by atoms with E-state index in [-0.39, 0.29) is 5.78 Å². The van der Waals surface area contributed by atoms with E-state index in [2.05, 4.69) is 5.10 Å².